The van der Waals surface area contributed by atoms with Gasteiger partial charge in [-0.25, -0.2) is 9.59 Å². The average molecular weight is 466 g/mol. The highest BCUT2D eigenvalue weighted by molar-refractivity contribution is 5.81. The lowest BCUT2D eigenvalue weighted by molar-refractivity contribution is -0.162. The number of hydrogen-bond donors (Lipinski definition) is 1. The first-order valence-corrected chi connectivity index (χ1v) is 11.1. The minimum Gasteiger partial charge on any atom is -0.469 e. The molecule has 1 amide bonds. The molecule has 9 heteroatoms. The Morgan fingerprint density at radius 3 is 2.48 bits per heavy atom. The van der Waals surface area contributed by atoms with Crippen LogP contribution in [0.1, 0.15) is 39.7 Å². The number of amides is 1. The molecule has 1 aliphatic heterocycles. The van der Waals surface area contributed by atoms with Gasteiger partial charge in [0, 0.05) is 5.92 Å². The van der Waals surface area contributed by atoms with E-state index in [-0.39, 0.29) is 38.1 Å². The fourth-order valence-corrected chi connectivity index (χ4v) is 3.51. The highest BCUT2D eigenvalue weighted by atomic mass is 16.6. The molecule has 1 N–H and O–H groups in total. The van der Waals surface area contributed by atoms with Gasteiger partial charge in [0.2, 0.25) is 0 Å². The third-order valence-electron chi connectivity index (χ3n) is 5.01. The predicted molar refractivity (Wildman–Crippen MR) is 120 cm³/mol. The van der Waals surface area contributed by atoms with E-state index in [1.807, 2.05) is 30.3 Å². The minimum absolute atomic E-state index is 0.0645. The van der Waals surface area contributed by atoms with Crippen LogP contribution < -0.4 is 5.32 Å². The van der Waals surface area contributed by atoms with Gasteiger partial charge >= 0.3 is 18.0 Å². The molecule has 1 saturated heterocycles. The highest BCUT2D eigenvalue weighted by Gasteiger charge is 2.36. The van der Waals surface area contributed by atoms with Crippen LogP contribution in [0.5, 0.6) is 0 Å². The molecule has 0 saturated carbocycles. The fourth-order valence-electron chi connectivity index (χ4n) is 3.51. The summed E-state index contributed by atoms with van der Waals surface area (Å²) >= 11 is 0. The van der Waals surface area contributed by atoms with Crippen molar-refractivity contribution in [3.05, 3.63) is 35.9 Å². The molecule has 33 heavy (non-hydrogen) atoms. The van der Waals surface area contributed by atoms with Crippen LogP contribution in [0.3, 0.4) is 0 Å². The molecule has 1 aromatic rings. The number of hydrogen-bond acceptors (Lipinski definition) is 8. The molecular weight excluding hydrogens is 430 g/mol. The van der Waals surface area contributed by atoms with Crippen LogP contribution in [0.15, 0.2) is 30.3 Å². The summed E-state index contributed by atoms with van der Waals surface area (Å²) in [5, 5.41) is 2.52. The molecule has 0 aromatic heterocycles. The van der Waals surface area contributed by atoms with Gasteiger partial charge in [0.25, 0.3) is 0 Å². The minimum atomic E-state index is -1.02. The topological polar surface area (TPSA) is 109 Å². The van der Waals surface area contributed by atoms with Gasteiger partial charge in [-0.1, -0.05) is 30.3 Å². The van der Waals surface area contributed by atoms with Crippen molar-refractivity contribution < 1.29 is 38.1 Å². The molecule has 0 spiro atoms. The maximum absolute atomic E-state index is 12.8. The van der Waals surface area contributed by atoms with Gasteiger partial charge in [-0.15, -0.1) is 0 Å². The number of alkyl carbamates (subject to hydrolysis) is 1. The molecule has 2 rings (SSSR count). The van der Waals surface area contributed by atoms with Crippen LogP contribution in [-0.4, -0.2) is 68.8 Å². The maximum Gasteiger partial charge on any atom is 0.408 e. The Morgan fingerprint density at radius 1 is 1.15 bits per heavy atom. The summed E-state index contributed by atoms with van der Waals surface area (Å²) in [5.74, 6) is -1.19. The van der Waals surface area contributed by atoms with Gasteiger partial charge in [-0.3, -0.25) is 4.79 Å². The number of esters is 2. The van der Waals surface area contributed by atoms with Gasteiger partial charge in [0.05, 0.1) is 39.5 Å². The largest absolute Gasteiger partial charge is 0.469 e. The zero-order valence-corrected chi connectivity index (χ0v) is 20.0. The van der Waals surface area contributed by atoms with Gasteiger partial charge < -0.3 is 29.0 Å². The summed E-state index contributed by atoms with van der Waals surface area (Å²) in [6.07, 6.45) is -1.20. The molecular formula is C24H35NO8. The average Bonchev–Trinajstić information content (AvgIpc) is 2.78. The zero-order valence-electron chi connectivity index (χ0n) is 20.0. The summed E-state index contributed by atoms with van der Waals surface area (Å²) in [6, 6.07) is 8.81. The summed E-state index contributed by atoms with van der Waals surface area (Å²) < 4.78 is 27.4. The van der Waals surface area contributed by atoms with E-state index in [9.17, 15) is 14.4 Å². The van der Waals surface area contributed by atoms with E-state index >= 15 is 0 Å². The number of carbonyl (C=O) groups excluding carboxylic acids is 3. The third kappa shape index (κ3) is 9.39. The van der Waals surface area contributed by atoms with Crippen molar-refractivity contribution in [2.45, 2.75) is 64.4 Å². The van der Waals surface area contributed by atoms with Crippen molar-refractivity contribution >= 4 is 18.0 Å². The van der Waals surface area contributed by atoms with Gasteiger partial charge in [0.1, 0.15) is 11.7 Å². The Hall–Kier alpha value is -2.65. The van der Waals surface area contributed by atoms with Crippen LogP contribution in [0.2, 0.25) is 0 Å². The number of ether oxygens (including phenoxy) is 5. The van der Waals surface area contributed by atoms with Crippen LogP contribution in [0.4, 0.5) is 4.79 Å². The first-order chi connectivity index (χ1) is 15.6. The second-order valence-corrected chi connectivity index (χ2v) is 8.99. The van der Waals surface area contributed by atoms with Crippen molar-refractivity contribution in [2.75, 3.05) is 26.9 Å². The molecule has 4 unspecified atom stereocenters. The van der Waals surface area contributed by atoms with E-state index in [2.05, 4.69) is 10.1 Å². The van der Waals surface area contributed by atoms with E-state index in [1.165, 1.54) is 7.11 Å². The Balaban J connectivity index is 2.15. The molecule has 1 aliphatic rings. The second kappa shape index (κ2) is 12.6. The predicted octanol–water partition coefficient (Wildman–Crippen LogP) is 2.65. The Labute approximate surface area is 195 Å². The molecule has 1 aromatic carbocycles. The summed E-state index contributed by atoms with van der Waals surface area (Å²) in [7, 11) is 1.32. The smallest absolute Gasteiger partial charge is 0.408 e. The van der Waals surface area contributed by atoms with Crippen LogP contribution in [0.25, 0.3) is 0 Å². The van der Waals surface area contributed by atoms with Crippen LogP contribution in [0, 0.1) is 5.92 Å². The molecule has 0 aliphatic carbocycles. The summed E-state index contributed by atoms with van der Waals surface area (Å²) in [4.78, 5) is 36.5. The number of cyclic esters (lactones) is 1. The van der Waals surface area contributed by atoms with Crippen LogP contribution in [-0.2, 0) is 39.7 Å². The van der Waals surface area contributed by atoms with Crippen molar-refractivity contribution in [1.82, 2.24) is 5.32 Å². The Kier molecular flexibility index (Phi) is 10.1. The molecule has 184 valence electrons. The normalized spacial score (nSPS) is 24.0. The van der Waals surface area contributed by atoms with Crippen molar-refractivity contribution in [2.24, 2.45) is 5.92 Å². The first kappa shape index (κ1) is 26.6. The van der Waals surface area contributed by atoms with E-state index in [4.69, 9.17) is 18.9 Å². The van der Waals surface area contributed by atoms with Gasteiger partial charge in [-0.2, -0.15) is 0 Å². The van der Waals surface area contributed by atoms with E-state index in [1.54, 1.807) is 27.7 Å². The molecule has 0 bridgehead atoms. The highest BCUT2D eigenvalue weighted by Crippen LogP contribution is 2.23. The lowest BCUT2D eigenvalue weighted by Gasteiger charge is -2.30. The number of benzene rings is 1. The third-order valence-corrected chi connectivity index (χ3v) is 5.01. The lowest BCUT2D eigenvalue weighted by Crippen LogP contribution is -2.47. The maximum atomic E-state index is 12.8. The number of nitrogens with one attached hydrogen (secondary N) is 1. The molecule has 4 atom stereocenters. The van der Waals surface area contributed by atoms with Crippen molar-refractivity contribution in [3.8, 4) is 0 Å². The lowest BCUT2D eigenvalue weighted by atomic mass is 9.91. The quantitative estimate of drug-likeness (QED) is 0.484. The van der Waals surface area contributed by atoms with Crippen LogP contribution >= 0.6 is 0 Å². The van der Waals surface area contributed by atoms with Crippen molar-refractivity contribution in [3.63, 3.8) is 0 Å². The standard InChI is InChI=1S/C24H35NO8/c1-16-21(31-12-11-20(26)29-5)18(13-17-9-7-6-8-10-17)14-30-15-19(22(27)32-16)25-23(28)33-24(2,3)4/h6-10,16,18-19,21H,11-15H2,1-5H3,(H,25,28). The Bertz CT molecular complexity index is 776. The van der Waals surface area contributed by atoms with E-state index in [0.29, 0.717) is 6.42 Å². The number of carbonyl (C=O) groups is 3. The molecule has 9 nitrogen and oxygen atoms in total. The van der Waals surface area contributed by atoms with E-state index in [0.717, 1.165) is 5.56 Å². The molecule has 1 heterocycles. The second-order valence-electron chi connectivity index (χ2n) is 8.99. The van der Waals surface area contributed by atoms with E-state index < -0.39 is 35.9 Å². The van der Waals surface area contributed by atoms with Gasteiger partial charge in [-0.05, 0) is 39.7 Å². The van der Waals surface area contributed by atoms with Crippen molar-refractivity contribution in [1.29, 1.82) is 0 Å². The molecule has 1 fully saturated rings. The summed E-state index contributed by atoms with van der Waals surface area (Å²) in [6.45, 7) is 7.25. The number of methoxy groups -OCH3 is 1. The number of rotatable bonds is 7. The molecule has 0 radical (unpaired) electrons. The summed E-state index contributed by atoms with van der Waals surface area (Å²) in [5.41, 5.74) is 0.369. The Morgan fingerprint density at radius 2 is 1.85 bits per heavy atom. The zero-order chi connectivity index (χ0) is 24.4. The first-order valence-electron chi connectivity index (χ1n) is 11.1. The van der Waals surface area contributed by atoms with Gasteiger partial charge in [0.15, 0.2) is 6.04 Å². The SMILES string of the molecule is COC(=O)CCOC1C(Cc2ccccc2)COCC(NC(=O)OC(C)(C)C)C(=O)OC1C. The fraction of sp³-hybridized carbons (Fsp3) is 0.625. The monoisotopic (exact) mass is 465 g/mol.